The van der Waals surface area contributed by atoms with E-state index in [0.29, 0.717) is 18.2 Å². The fraction of sp³-hybridized carbons (Fsp3) is 0.259. The number of anilines is 1. The lowest BCUT2D eigenvalue weighted by atomic mass is 9.91. The highest BCUT2D eigenvalue weighted by Crippen LogP contribution is 2.23. The van der Waals surface area contributed by atoms with Crippen molar-refractivity contribution in [3.63, 3.8) is 0 Å². The minimum Gasteiger partial charge on any atom is -0.497 e. The topological polar surface area (TPSA) is 53.9 Å². The molecule has 0 heterocycles. The molecule has 7 heteroatoms. The Morgan fingerprint density at radius 2 is 1.62 bits per heavy atom. The van der Waals surface area contributed by atoms with Gasteiger partial charge in [-0.25, -0.2) is 5.43 Å². The van der Waals surface area contributed by atoms with E-state index >= 15 is 0 Å². The Bertz CT molecular complexity index is 1040. The van der Waals surface area contributed by atoms with Gasteiger partial charge < -0.3 is 9.64 Å². The molecule has 3 aromatic carbocycles. The summed E-state index contributed by atoms with van der Waals surface area (Å²) < 4.78 is 5.23. The number of amides is 1. The summed E-state index contributed by atoms with van der Waals surface area (Å²) in [5.74, 6) is 1.32. The molecule has 0 fully saturated rings. The lowest BCUT2D eigenvalue weighted by Gasteiger charge is -2.22. The van der Waals surface area contributed by atoms with Gasteiger partial charge in [-0.3, -0.25) is 4.79 Å². The Morgan fingerprint density at radius 3 is 2.21 bits per heavy atom. The molecule has 1 atom stereocenters. The first-order chi connectivity index (χ1) is 16.6. The third-order valence-electron chi connectivity index (χ3n) is 5.47. The molecule has 3 rings (SSSR count). The number of nitrogens with zero attached hydrogens (tertiary/aromatic N) is 2. The Hall–Kier alpha value is -3.02. The third-order valence-corrected chi connectivity index (χ3v) is 5.81. The van der Waals surface area contributed by atoms with Crippen LogP contribution in [0.1, 0.15) is 22.6 Å². The number of halogens is 2. The van der Waals surface area contributed by atoms with E-state index in [2.05, 4.69) is 15.4 Å². The number of alkyl halides is 2. The molecule has 0 saturated heterocycles. The van der Waals surface area contributed by atoms with E-state index < -0.39 is 0 Å². The maximum absolute atomic E-state index is 13.1. The quantitative estimate of drug-likeness (QED) is 0.205. The Kier molecular flexibility index (Phi) is 10.3. The van der Waals surface area contributed by atoms with Crippen molar-refractivity contribution in [2.24, 2.45) is 5.10 Å². The van der Waals surface area contributed by atoms with Gasteiger partial charge in [-0.15, -0.1) is 23.2 Å². The number of hydrogen-bond donors (Lipinski definition) is 1. The Morgan fingerprint density at radius 1 is 0.971 bits per heavy atom. The molecule has 1 amide bonds. The van der Waals surface area contributed by atoms with Crippen LogP contribution in [0.5, 0.6) is 5.75 Å². The van der Waals surface area contributed by atoms with Crippen LogP contribution in [0, 0.1) is 0 Å². The highest BCUT2D eigenvalue weighted by Gasteiger charge is 2.21. The van der Waals surface area contributed by atoms with Gasteiger partial charge in [-0.2, -0.15) is 5.10 Å². The van der Waals surface area contributed by atoms with Gasteiger partial charge in [0, 0.05) is 30.5 Å². The third kappa shape index (κ3) is 7.51. The molecule has 0 aromatic heterocycles. The molecule has 0 bridgehead atoms. The molecule has 3 aromatic rings. The zero-order chi connectivity index (χ0) is 24.2. The summed E-state index contributed by atoms with van der Waals surface area (Å²) in [4.78, 5) is 15.2. The molecule has 5 nitrogen and oxygen atoms in total. The van der Waals surface area contributed by atoms with Crippen LogP contribution in [0.4, 0.5) is 5.69 Å². The minimum atomic E-state index is -0.367. The summed E-state index contributed by atoms with van der Waals surface area (Å²) in [6.07, 6.45) is 2.20. The predicted molar refractivity (Wildman–Crippen MR) is 142 cm³/mol. The number of nitrogens with one attached hydrogen (secondary N) is 1. The van der Waals surface area contributed by atoms with Gasteiger partial charge in [-0.1, -0.05) is 54.6 Å². The van der Waals surface area contributed by atoms with Crippen LogP contribution < -0.4 is 15.1 Å². The number of rotatable bonds is 12. The zero-order valence-corrected chi connectivity index (χ0v) is 20.7. The summed E-state index contributed by atoms with van der Waals surface area (Å²) in [6, 6.07) is 25.4. The first kappa shape index (κ1) is 25.6. The van der Waals surface area contributed by atoms with Crippen LogP contribution in [0.25, 0.3) is 0 Å². The molecule has 0 spiro atoms. The second kappa shape index (κ2) is 13.6. The van der Waals surface area contributed by atoms with Crippen LogP contribution in [-0.4, -0.2) is 44.1 Å². The highest BCUT2D eigenvalue weighted by molar-refractivity contribution is 6.18. The standard InChI is InChI=1S/C27H29Cl2N3O2/c1-34-25-13-9-21(10-14-25)19-26(23-5-3-2-4-6-23)27(33)31-30-20-22-7-11-24(12-8-22)32(17-15-28)18-16-29/h2-14,20,26H,15-19H2,1H3,(H,31,33)/b30-20-/t26-/m0/s1. The molecule has 0 aliphatic heterocycles. The molecular formula is C27H29Cl2N3O2. The number of benzene rings is 3. The number of methoxy groups -OCH3 is 1. The second-order valence-electron chi connectivity index (χ2n) is 7.71. The first-order valence-electron chi connectivity index (χ1n) is 11.1. The van der Waals surface area contributed by atoms with Gasteiger partial charge in [0.05, 0.1) is 19.2 Å². The summed E-state index contributed by atoms with van der Waals surface area (Å²) in [5.41, 5.74) is 6.62. The van der Waals surface area contributed by atoms with Crippen LogP contribution >= 0.6 is 23.2 Å². The van der Waals surface area contributed by atoms with Crippen molar-refractivity contribution in [1.82, 2.24) is 5.43 Å². The van der Waals surface area contributed by atoms with Crippen molar-refractivity contribution in [3.05, 3.63) is 95.6 Å². The molecular weight excluding hydrogens is 469 g/mol. The van der Waals surface area contributed by atoms with E-state index in [-0.39, 0.29) is 11.8 Å². The average Bonchev–Trinajstić information content (AvgIpc) is 2.88. The number of carbonyl (C=O) groups excluding carboxylic acids is 1. The smallest absolute Gasteiger partial charge is 0.247 e. The van der Waals surface area contributed by atoms with Crippen LogP contribution in [-0.2, 0) is 11.2 Å². The van der Waals surface area contributed by atoms with Crippen molar-refractivity contribution in [2.75, 3.05) is 36.9 Å². The maximum Gasteiger partial charge on any atom is 0.247 e. The van der Waals surface area contributed by atoms with Crippen LogP contribution in [0.3, 0.4) is 0 Å². The van der Waals surface area contributed by atoms with Crippen molar-refractivity contribution < 1.29 is 9.53 Å². The Balaban J connectivity index is 1.67. The van der Waals surface area contributed by atoms with Gasteiger partial charge in [0.15, 0.2) is 0 Å². The summed E-state index contributed by atoms with van der Waals surface area (Å²) >= 11 is 11.8. The number of ether oxygens (including phenoxy) is 1. The van der Waals surface area contributed by atoms with Gasteiger partial charge in [0.25, 0.3) is 0 Å². The Labute approximate surface area is 211 Å². The van der Waals surface area contributed by atoms with Crippen LogP contribution in [0.15, 0.2) is 84.0 Å². The van der Waals surface area contributed by atoms with Crippen molar-refractivity contribution in [2.45, 2.75) is 12.3 Å². The van der Waals surface area contributed by atoms with Gasteiger partial charge >= 0.3 is 0 Å². The van der Waals surface area contributed by atoms with E-state index in [1.165, 1.54) is 0 Å². The fourth-order valence-electron chi connectivity index (χ4n) is 3.64. The second-order valence-corrected chi connectivity index (χ2v) is 8.46. The monoisotopic (exact) mass is 497 g/mol. The molecule has 178 valence electrons. The fourth-order valence-corrected chi connectivity index (χ4v) is 4.05. The predicted octanol–water partition coefficient (Wildman–Crippen LogP) is 5.46. The van der Waals surface area contributed by atoms with Gasteiger partial charge in [0.2, 0.25) is 5.91 Å². The van der Waals surface area contributed by atoms with Crippen molar-refractivity contribution >= 4 is 41.0 Å². The molecule has 34 heavy (non-hydrogen) atoms. The lowest BCUT2D eigenvalue weighted by molar-refractivity contribution is -0.122. The number of carbonyl (C=O) groups is 1. The van der Waals surface area contributed by atoms with Gasteiger partial charge in [-0.05, 0) is 47.4 Å². The van der Waals surface area contributed by atoms with E-state index in [1.807, 2.05) is 78.9 Å². The normalized spacial score (nSPS) is 11.9. The number of hydrazone groups is 1. The first-order valence-corrected chi connectivity index (χ1v) is 12.2. The largest absolute Gasteiger partial charge is 0.497 e. The molecule has 0 aliphatic carbocycles. The summed E-state index contributed by atoms with van der Waals surface area (Å²) in [6.45, 7) is 1.46. The molecule has 0 radical (unpaired) electrons. The van der Waals surface area contributed by atoms with E-state index in [0.717, 1.165) is 41.2 Å². The molecule has 1 N–H and O–H groups in total. The SMILES string of the molecule is COc1ccc(C[C@H](C(=O)N/N=C\c2ccc(N(CCCl)CCCl)cc2)c2ccccc2)cc1. The molecule has 0 aliphatic rings. The minimum absolute atomic E-state index is 0.162. The van der Waals surface area contributed by atoms with Gasteiger partial charge in [0.1, 0.15) is 5.75 Å². The summed E-state index contributed by atoms with van der Waals surface area (Å²) in [5, 5.41) is 4.20. The van der Waals surface area contributed by atoms with Crippen molar-refractivity contribution in [1.29, 1.82) is 0 Å². The van der Waals surface area contributed by atoms with E-state index in [9.17, 15) is 4.79 Å². The lowest BCUT2D eigenvalue weighted by Crippen LogP contribution is -2.27. The van der Waals surface area contributed by atoms with E-state index in [4.69, 9.17) is 27.9 Å². The maximum atomic E-state index is 13.1. The average molecular weight is 498 g/mol. The van der Waals surface area contributed by atoms with E-state index in [1.54, 1.807) is 13.3 Å². The highest BCUT2D eigenvalue weighted by atomic mass is 35.5. The molecule has 0 saturated carbocycles. The zero-order valence-electron chi connectivity index (χ0n) is 19.2. The van der Waals surface area contributed by atoms with Crippen LogP contribution in [0.2, 0.25) is 0 Å². The summed E-state index contributed by atoms with van der Waals surface area (Å²) in [7, 11) is 1.64. The van der Waals surface area contributed by atoms with Crippen molar-refractivity contribution in [3.8, 4) is 5.75 Å². The number of hydrogen-bond acceptors (Lipinski definition) is 4. The molecule has 0 unspecified atom stereocenters.